The van der Waals surface area contributed by atoms with Gasteiger partial charge < -0.3 is 4.74 Å². The Morgan fingerprint density at radius 3 is 1.94 bits per heavy atom. The third-order valence-electron chi connectivity index (χ3n) is 3.44. The lowest BCUT2D eigenvalue weighted by atomic mass is 10.1. The average molecular weight is 242 g/mol. The highest BCUT2D eigenvalue weighted by Crippen LogP contribution is 2.11. The molecule has 0 aliphatic heterocycles. The third-order valence-corrected chi connectivity index (χ3v) is 3.44. The minimum Gasteiger partial charge on any atom is -0.378 e. The molecular weight excluding hydrogens is 208 g/mol. The second kappa shape index (κ2) is 14.0. The Labute approximate surface area is 109 Å². The summed E-state index contributed by atoms with van der Waals surface area (Å²) in [5.41, 5.74) is 0. The molecule has 0 saturated heterocycles. The van der Waals surface area contributed by atoms with Gasteiger partial charge in [-0.05, 0) is 19.3 Å². The van der Waals surface area contributed by atoms with E-state index in [1.54, 1.807) is 0 Å². The van der Waals surface area contributed by atoms with Crippen LogP contribution in [0.4, 0.5) is 0 Å². The quantitative estimate of drug-likeness (QED) is 0.375. The molecule has 0 heterocycles. The van der Waals surface area contributed by atoms with Gasteiger partial charge in [0.1, 0.15) is 0 Å². The maximum Gasteiger partial charge on any atom is 0.0572 e. The molecule has 0 spiro atoms. The van der Waals surface area contributed by atoms with Gasteiger partial charge in [0.05, 0.1) is 6.10 Å². The summed E-state index contributed by atoms with van der Waals surface area (Å²) in [5.74, 6) is 0. The Bertz CT molecular complexity index is 133. The van der Waals surface area contributed by atoms with Crippen molar-refractivity contribution in [2.75, 3.05) is 6.61 Å². The Morgan fingerprint density at radius 1 is 0.706 bits per heavy atom. The van der Waals surface area contributed by atoms with Crippen LogP contribution < -0.4 is 0 Å². The van der Waals surface area contributed by atoms with Gasteiger partial charge in [0.2, 0.25) is 0 Å². The number of ether oxygens (including phenoxy) is 1. The van der Waals surface area contributed by atoms with Crippen LogP contribution in [0.25, 0.3) is 0 Å². The zero-order valence-corrected chi connectivity index (χ0v) is 12.5. The molecule has 0 aromatic rings. The van der Waals surface area contributed by atoms with E-state index < -0.39 is 0 Å². The molecule has 17 heavy (non-hydrogen) atoms. The van der Waals surface area contributed by atoms with Crippen LogP contribution in [0.1, 0.15) is 91.4 Å². The topological polar surface area (TPSA) is 9.23 Å². The zero-order valence-electron chi connectivity index (χ0n) is 12.5. The minimum atomic E-state index is 0.525. The summed E-state index contributed by atoms with van der Waals surface area (Å²) in [7, 11) is 0. The van der Waals surface area contributed by atoms with Crippen LogP contribution in [-0.2, 0) is 4.74 Å². The van der Waals surface area contributed by atoms with Crippen LogP contribution >= 0.6 is 0 Å². The highest BCUT2D eigenvalue weighted by Gasteiger charge is 2.05. The predicted octanol–water partition coefficient (Wildman–Crippen LogP) is 5.72. The van der Waals surface area contributed by atoms with Crippen molar-refractivity contribution in [3.05, 3.63) is 0 Å². The first-order valence-electron chi connectivity index (χ1n) is 7.96. The van der Waals surface area contributed by atoms with E-state index in [0.717, 1.165) is 6.61 Å². The SMILES string of the molecule is CCCCCCCCOC(CC)CCCCC. The van der Waals surface area contributed by atoms with Crippen molar-refractivity contribution in [2.45, 2.75) is 97.5 Å². The monoisotopic (exact) mass is 242 g/mol. The van der Waals surface area contributed by atoms with Crippen molar-refractivity contribution >= 4 is 0 Å². The minimum absolute atomic E-state index is 0.525. The van der Waals surface area contributed by atoms with Gasteiger partial charge in [-0.1, -0.05) is 72.1 Å². The molecule has 0 radical (unpaired) electrons. The van der Waals surface area contributed by atoms with Gasteiger partial charge in [0.25, 0.3) is 0 Å². The lowest BCUT2D eigenvalue weighted by molar-refractivity contribution is 0.0407. The Balaban J connectivity index is 3.25. The van der Waals surface area contributed by atoms with E-state index in [1.807, 2.05) is 0 Å². The summed E-state index contributed by atoms with van der Waals surface area (Å²) < 4.78 is 5.94. The first kappa shape index (κ1) is 17.0. The van der Waals surface area contributed by atoms with Crippen molar-refractivity contribution in [1.29, 1.82) is 0 Å². The third kappa shape index (κ3) is 12.2. The van der Waals surface area contributed by atoms with Gasteiger partial charge >= 0.3 is 0 Å². The van der Waals surface area contributed by atoms with E-state index in [1.165, 1.54) is 70.6 Å². The van der Waals surface area contributed by atoms with Crippen molar-refractivity contribution in [2.24, 2.45) is 0 Å². The zero-order chi connectivity index (χ0) is 12.8. The van der Waals surface area contributed by atoms with E-state index in [9.17, 15) is 0 Å². The fourth-order valence-electron chi connectivity index (χ4n) is 2.16. The van der Waals surface area contributed by atoms with Gasteiger partial charge in [0, 0.05) is 6.61 Å². The van der Waals surface area contributed by atoms with Gasteiger partial charge in [-0.2, -0.15) is 0 Å². The maximum absolute atomic E-state index is 5.94. The summed E-state index contributed by atoms with van der Waals surface area (Å²) in [6, 6.07) is 0. The Kier molecular flexibility index (Phi) is 14.0. The van der Waals surface area contributed by atoms with Crippen LogP contribution in [0.3, 0.4) is 0 Å². The normalized spacial score (nSPS) is 12.9. The Morgan fingerprint density at radius 2 is 1.29 bits per heavy atom. The van der Waals surface area contributed by atoms with Crippen LogP contribution in [0.5, 0.6) is 0 Å². The fourth-order valence-corrected chi connectivity index (χ4v) is 2.16. The van der Waals surface area contributed by atoms with E-state index in [0.29, 0.717) is 6.10 Å². The molecule has 0 aliphatic carbocycles. The smallest absolute Gasteiger partial charge is 0.0572 e. The van der Waals surface area contributed by atoms with Crippen molar-refractivity contribution in [3.63, 3.8) is 0 Å². The molecule has 0 aliphatic rings. The molecule has 0 amide bonds. The standard InChI is InChI=1S/C16H34O/c1-4-7-9-10-11-13-15-17-16(6-3)14-12-8-5-2/h16H,4-15H2,1-3H3. The van der Waals surface area contributed by atoms with Crippen LogP contribution in [0, 0.1) is 0 Å². The molecule has 0 N–H and O–H groups in total. The van der Waals surface area contributed by atoms with Crippen LogP contribution in [0.2, 0.25) is 0 Å². The lowest BCUT2D eigenvalue weighted by Gasteiger charge is -2.15. The molecule has 0 rings (SSSR count). The van der Waals surface area contributed by atoms with E-state index in [4.69, 9.17) is 4.74 Å². The molecule has 1 atom stereocenters. The first-order chi connectivity index (χ1) is 8.35. The summed E-state index contributed by atoms with van der Waals surface area (Å²) >= 11 is 0. The molecule has 0 fully saturated rings. The molecular formula is C16H34O. The number of rotatable bonds is 13. The highest BCUT2D eigenvalue weighted by atomic mass is 16.5. The van der Waals surface area contributed by atoms with Crippen LogP contribution in [0.15, 0.2) is 0 Å². The number of unbranched alkanes of at least 4 members (excludes halogenated alkanes) is 7. The molecule has 0 saturated carbocycles. The molecule has 1 unspecified atom stereocenters. The molecule has 104 valence electrons. The van der Waals surface area contributed by atoms with Gasteiger partial charge in [0.15, 0.2) is 0 Å². The molecule has 0 aromatic heterocycles. The lowest BCUT2D eigenvalue weighted by Crippen LogP contribution is -2.12. The van der Waals surface area contributed by atoms with Crippen molar-refractivity contribution < 1.29 is 4.74 Å². The summed E-state index contributed by atoms with van der Waals surface area (Å²) in [4.78, 5) is 0. The molecule has 0 aromatic carbocycles. The summed E-state index contributed by atoms with van der Waals surface area (Å²) in [6.07, 6.45) is 15.1. The molecule has 1 nitrogen and oxygen atoms in total. The van der Waals surface area contributed by atoms with E-state index in [2.05, 4.69) is 20.8 Å². The highest BCUT2D eigenvalue weighted by molar-refractivity contribution is 4.56. The molecule has 1 heteroatoms. The van der Waals surface area contributed by atoms with Gasteiger partial charge in [-0.25, -0.2) is 0 Å². The second-order valence-corrected chi connectivity index (χ2v) is 5.16. The van der Waals surface area contributed by atoms with Crippen molar-refractivity contribution in [3.8, 4) is 0 Å². The second-order valence-electron chi connectivity index (χ2n) is 5.16. The van der Waals surface area contributed by atoms with E-state index in [-0.39, 0.29) is 0 Å². The Hall–Kier alpha value is -0.0400. The first-order valence-corrected chi connectivity index (χ1v) is 7.96. The fraction of sp³-hybridized carbons (Fsp3) is 1.00. The van der Waals surface area contributed by atoms with E-state index >= 15 is 0 Å². The van der Waals surface area contributed by atoms with Gasteiger partial charge in [-0.3, -0.25) is 0 Å². The largest absolute Gasteiger partial charge is 0.378 e. The molecule has 0 bridgehead atoms. The number of hydrogen-bond donors (Lipinski definition) is 0. The average Bonchev–Trinajstić information content (AvgIpc) is 2.35. The van der Waals surface area contributed by atoms with Crippen LogP contribution in [-0.4, -0.2) is 12.7 Å². The summed E-state index contributed by atoms with van der Waals surface area (Å²) in [5, 5.41) is 0. The maximum atomic E-state index is 5.94. The van der Waals surface area contributed by atoms with Gasteiger partial charge in [-0.15, -0.1) is 0 Å². The number of hydrogen-bond acceptors (Lipinski definition) is 1. The van der Waals surface area contributed by atoms with Crippen molar-refractivity contribution in [1.82, 2.24) is 0 Å². The summed E-state index contributed by atoms with van der Waals surface area (Å²) in [6.45, 7) is 7.76. The predicted molar refractivity (Wildman–Crippen MR) is 77.5 cm³/mol.